The van der Waals surface area contributed by atoms with E-state index in [9.17, 15) is 13.9 Å². The molecule has 1 atom stereocenters. The Morgan fingerprint density at radius 3 is 2.30 bits per heavy atom. The van der Waals surface area contributed by atoms with E-state index in [0.717, 1.165) is 23.3 Å². The number of hydrogen-bond acceptors (Lipinski definition) is 2. The third-order valence-corrected chi connectivity index (χ3v) is 3.30. The first kappa shape index (κ1) is 14.5. The number of aliphatic hydroxyl groups is 1. The second-order valence-electron chi connectivity index (χ2n) is 4.65. The van der Waals surface area contributed by atoms with Gasteiger partial charge in [0, 0.05) is 18.6 Å². The summed E-state index contributed by atoms with van der Waals surface area (Å²) in [5.74, 6) is -1.52. The average Bonchev–Trinajstić information content (AvgIpc) is 2.40. The van der Waals surface area contributed by atoms with Gasteiger partial charge in [0.15, 0.2) is 0 Å². The number of rotatable bonds is 4. The normalized spacial score (nSPS) is 12.2. The van der Waals surface area contributed by atoms with Crippen LogP contribution in [0.15, 0.2) is 36.4 Å². The van der Waals surface area contributed by atoms with Crippen molar-refractivity contribution in [2.75, 3.05) is 7.11 Å². The van der Waals surface area contributed by atoms with Gasteiger partial charge in [0.25, 0.3) is 0 Å². The van der Waals surface area contributed by atoms with Crippen molar-refractivity contribution in [3.8, 4) is 5.75 Å². The lowest BCUT2D eigenvalue weighted by molar-refractivity contribution is 0.168. The van der Waals surface area contributed by atoms with Gasteiger partial charge in [-0.1, -0.05) is 24.3 Å². The van der Waals surface area contributed by atoms with Crippen LogP contribution in [-0.2, 0) is 6.42 Å². The van der Waals surface area contributed by atoms with Gasteiger partial charge < -0.3 is 9.84 Å². The molecule has 4 heteroatoms. The van der Waals surface area contributed by atoms with E-state index in [1.54, 1.807) is 0 Å². The Morgan fingerprint density at radius 2 is 1.75 bits per heavy atom. The number of methoxy groups -OCH3 is 1. The Bertz CT molecular complexity index is 588. The van der Waals surface area contributed by atoms with Gasteiger partial charge in [-0.2, -0.15) is 0 Å². The summed E-state index contributed by atoms with van der Waals surface area (Å²) >= 11 is 0. The summed E-state index contributed by atoms with van der Waals surface area (Å²) in [5.41, 5.74) is 1.50. The first-order valence-corrected chi connectivity index (χ1v) is 6.28. The Hall–Kier alpha value is -1.94. The molecule has 0 saturated carbocycles. The highest BCUT2D eigenvalue weighted by Crippen LogP contribution is 2.28. The zero-order chi connectivity index (χ0) is 14.7. The third-order valence-electron chi connectivity index (χ3n) is 3.30. The summed E-state index contributed by atoms with van der Waals surface area (Å²) in [5, 5.41) is 10.1. The molecule has 0 aliphatic rings. The summed E-state index contributed by atoms with van der Waals surface area (Å²) in [4.78, 5) is 0. The van der Waals surface area contributed by atoms with Gasteiger partial charge in [0.1, 0.15) is 17.4 Å². The Balaban J connectivity index is 2.30. The lowest BCUT2D eigenvalue weighted by atomic mass is 9.97. The van der Waals surface area contributed by atoms with Crippen LogP contribution in [0.1, 0.15) is 22.8 Å². The molecule has 0 fully saturated rings. The summed E-state index contributed by atoms with van der Waals surface area (Å²) in [6.45, 7) is 1.89. The minimum Gasteiger partial charge on any atom is -0.497 e. The van der Waals surface area contributed by atoms with E-state index in [0.29, 0.717) is 0 Å². The van der Waals surface area contributed by atoms with Crippen LogP contribution in [0.3, 0.4) is 0 Å². The molecule has 0 heterocycles. The molecule has 106 valence electrons. The topological polar surface area (TPSA) is 29.5 Å². The minimum atomic E-state index is -1.23. The standard InChI is InChI=1S/C16H16F2O2/c1-10-5-3-4-6-11(10)7-15(19)16-13(17)8-12(20-2)9-14(16)18/h3-6,8-9,15,19H,7H2,1-2H3. The van der Waals surface area contributed by atoms with Gasteiger partial charge in [-0.15, -0.1) is 0 Å². The van der Waals surface area contributed by atoms with Crippen LogP contribution in [0.4, 0.5) is 8.78 Å². The molecule has 0 radical (unpaired) electrons. The first-order valence-electron chi connectivity index (χ1n) is 6.28. The molecule has 0 bridgehead atoms. The monoisotopic (exact) mass is 278 g/mol. The first-order chi connectivity index (χ1) is 9.52. The largest absolute Gasteiger partial charge is 0.497 e. The van der Waals surface area contributed by atoms with Crippen LogP contribution in [0, 0.1) is 18.6 Å². The molecule has 0 aliphatic heterocycles. The molecule has 0 amide bonds. The number of aliphatic hydroxyl groups excluding tert-OH is 1. The molecule has 0 spiro atoms. The molecule has 1 N–H and O–H groups in total. The van der Waals surface area contributed by atoms with Crippen molar-refractivity contribution in [2.24, 2.45) is 0 Å². The SMILES string of the molecule is COc1cc(F)c(C(O)Cc2ccccc2C)c(F)c1. The molecule has 20 heavy (non-hydrogen) atoms. The van der Waals surface area contributed by atoms with E-state index < -0.39 is 17.7 Å². The number of benzene rings is 2. The van der Waals surface area contributed by atoms with Gasteiger partial charge in [-0.3, -0.25) is 0 Å². The number of ether oxygens (including phenoxy) is 1. The van der Waals surface area contributed by atoms with Gasteiger partial charge >= 0.3 is 0 Å². The number of hydrogen-bond donors (Lipinski definition) is 1. The number of aryl methyl sites for hydroxylation is 1. The van der Waals surface area contributed by atoms with Crippen LogP contribution in [0.2, 0.25) is 0 Å². The third kappa shape index (κ3) is 2.96. The molecule has 0 saturated heterocycles. The van der Waals surface area contributed by atoms with Crippen LogP contribution in [-0.4, -0.2) is 12.2 Å². The highest BCUT2D eigenvalue weighted by atomic mass is 19.1. The predicted molar refractivity (Wildman–Crippen MR) is 72.8 cm³/mol. The van der Waals surface area contributed by atoms with E-state index in [1.807, 2.05) is 31.2 Å². The second-order valence-corrected chi connectivity index (χ2v) is 4.65. The van der Waals surface area contributed by atoms with Crippen molar-refractivity contribution >= 4 is 0 Å². The van der Waals surface area contributed by atoms with E-state index >= 15 is 0 Å². The molecule has 0 aromatic heterocycles. The quantitative estimate of drug-likeness (QED) is 0.926. The fraction of sp³-hybridized carbons (Fsp3) is 0.250. The maximum atomic E-state index is 13.9. The van der Waals surface area contributed by atoms with Crippen molar-refractivity contribution in [3.05, 3.63) is 64.7 Å². The van der Waals surface area contributed by atoms with Crippen LogP contribution in [0.5, 0.6) is 5.75 Å². The summed E-state index contributed by atoms with van der Waals surface area (Å²) in [6, 6.07) is 9.56. The van der Waals surface area contributed by atoms with Crippen molar-refractivity contribution < 1.29 is 18.6 Å². The average molecular weight is 278 g/mol. The summed E-state index contributed by atoms with van der Waals surface area (Å²) in [6.07, 6.45) is -1.07. The van der Waals surface area contributed by atoms with Crippen LogP contribution >= 0.6 is 0 Å². The van der Waals surface area contributed by atoms with E-state index in [2.05, 4.69) is 0 Å². The molecule has 2 rings (SSSR count). The van der Waals surface area contributed by atoms with E-state index in [1.165, 1.54) is 7.11 Å². The van der Waals surface area contributed by atoms with Gasteiger partial charge in [-0.25, -0.2) is 8.78 Å². The van der Waals surface area contributed by atoms with Gasteiger partial charge in [0.2, 0.25) is 0 Å². The zero-order valence-corrected chi connectivity index (χ0v) is 11.4. The molecular formula is C16H16F2O2. The highest BCUT2D eigenvalue weighted by Gasteiger charge is 2.20. The van der Waals surface area contributed by atoms with Crippen LogP contribution in [0.25, 0.3) is 0 Å². The second kappa shape index (κ2) is 6.01. The Labute approximate surface area is 116 Å². The Morgan fingerprint density at radius 1 is 1.15 bits per heavy atom. The predicted octanol–water partition coefficient (Wildman–Crippen LogP) is 3.56. The smallest absolute Gasteiger partial charge is 0.135 e. The molecule has 0 aliphatic carbocycles. The fourth-order valence-corrected chi connectivity index (χ4v) is 2.15. The lowest BCUT2D eigenvalue weighted by Gasteiger charge is -2.15. The van der Waals surface area contributed by atoms with Gasteiger partial charge in [0.05, 0.1) is 18.8 Å². The van der Waals surface area contributed by atoms with Crippen molar-refractivity contribution in [3.63, 3.8) is 0 Å². The van der Waals surface area contributed by atoms with Crippen LogP contribution < -0.4 is 4.74 Å². The summed E-state index contributed by atoms with van der Waals surface area (Å²) < 4.78 is 32.5. The molecule has 1 unspecified atom stereocenters. The maximum absolute atomic E-state index is 13.9. The summed E-state index contributed by atoms with van der Waals surface area (Å²) in [7, 11) is 1.33. The number of halogens is 2. The van der Waals surface area contributed by atoms with E-state index in [4.69, 9.17) is 4.74 Å². The Kier molecular flexibility index (Phi) is 4.35. The lowest BCUT2D eigenvalue weighted by Crippen LogP contribution is -2.08. The molecule has 2 nitrogen and oxygen atoms in total. The van der Waals surface area contributed by atoms with E-state index in [-0.39, 0.29) is 17.7 Å². The van der Waals surface area contributed by atoms with Gasteiger partial charge in [-0.05, 0) is 18.1 Å². The minimum absolute atomic E-state index is 0.0897. The highest BCUT2D eigenvalue weighted by molar-refractivity contribution is 5.34. The molecule has 2 aromatic carbocycles. The molecule has 2 aromatic rings. The zero-order valence-electron chi connectivity index (χ0n) is 11.4. The van der Waals surface area contributed by atoms with Crippen molar-refractivity contribution in [1.29, 1.82) is 0 Å². The maximum Gasteiger partial charge on any atom is 0.135 e. The van der Waals surface area contributed by atoms with Crippen molar-refractivity contribution in [1.82, 2.24) is 0 Å². The molecular weight excluding hydrogens is 262 g/mol. The van der Waals surface area contributed by atoms with Crippen molar-refractivity contribution in [2.45, 2.75) is 19.4 Å². The fourth-order valence-electron chi connectivity index (χ4n) is 2.15.